The number of rotatable bonds is 6. The fourth-order valence-electron chi connectivity index (χ4n) is 2.66. The molecule has 1 atom stereocenters. The second-order valence-electron chi connectivity index (χ2n) is 4.97. The van der Waals surface area contributed by atoms with Crippen LogP contribution in [-0.4, -0.2) is 42.6 Å². The molecule has 6 nitrogen and oxygen atoms in total. The van der Waals surface area contributed by atoms with Gasteiger partial charge in [-0.05, 0) is 31.1 Å². The minimum atomic E-state index is -0.393. The van der Waals surface area contributed by atoms with Crippen LogP contribution < -0.4 is 10.1 Å². The van der Waals surface area contributed by atoms with Crippen LogP contribution in [0, 0.1) is 10.1 Å². The summed E-state index contributed by atoms with van der Waals surface area (Å²) in [6, 6.07) is 5.70. The average Bonchev–Trinajstić information content (AvgIpc) is 2.98. The van der Waals surface area contributed by atoms with Gasteiger partial charge in [0.05, 0.1) is 12.0 Å². The first-order valence-corrected chi connectivity index (χ1v) is 6.91. The maximum absolute atomic E-state index is 11.0. The van der Waals surface area contributed by atoms with Crippen molar-refractivity contribution in [1.82, 2.24) is 10.2 Å². The predicted molar refractivity (Wildman–Crippen MR) is 77.0 cm³/mol. The smallest absolute Gasteiger partial charge is 0.311 e. The van der Waals surface area contributed by atoms with Gasteiger partial charge in [-0.1, -0.05) is 13.0 Å². The maximum atomic E-state index is 11.0. The molecule has 0 aromatic heterocycles. The van der Waals surface area contributed by atoms with E-state index in [1.807, 2.05) is 6.07 Å². The van der Waals surface area contributed by atoms with E-state index in [1.54, 1.807) is 12.1 Å². The van der Waals surface area contributed by atoms with E-state index < -0.39 is 4.92 Å². The zero-order chi connectivity index (χ0) is 14.5. The van der Waals surface area contributed by atoms with Gasteiger partial charge in [-0.2, -0.15) is 0 Å². The van der Waals surface area contributed by atoms with Crippen molar-refractivity contribution in [2.75, 3.05) is 26.7 Å². The van der Waals surface area contributed by atoms with Gasteiger partial charge in [0, 0.05) is 25.2 Å². The second kappa shape index (κ2) is 6.67. The van der Waals surface area contributed by atoms with Crippen LogP contribution in [0.5, 0.6) is 5.75 Å². The topological polar surface area (TPSA) is 67.6 Å². The van der Waals surface area contributed by atoms with Crippen LogP contribution >= 0.6 is 0 Å². The first-order chi connectivity index (χ1) is 9.65. The molecule has 0 radical (unpaired) electrons. The van der Waals surface area contributed by atoms with Crippen molar-refractivity contribution < 1.29 is 9.66 Å². The number of nitrogens with zero attached hydrogens (tertiary/aromatic N) is 2. The normalized spacial score (nSPS) is 18.4. The lowest BCUT2D eigenvalue weighted by Gasteiger charge is -2.26. The van der Waals surface area contributed by atoms with E-state index in [0.717, 1.165) is 38.2 Å². The van der Waals surface area contributed by atoms with Crippen LogP contribution in [0.25, 0.3) is 0 Å². The van der Waals surface area contributed by atoms with E-state index >= 15 is 0 Å². The van der Waals surface area contributed by atoms with Gasteiger partial charge in [-0.3, -0.25) is 15.0 Å². The third-order valence-electron chi connectivity index (χ3n) is 3.78. The molecule has 0 spiro atoms. The Bertz CT molecular complexity index is 473. The highest BCUT2D eigenvalue weighted by Gasteiger charge is 2.22. The molecular weight excluding hydrogens is 258 g/mol. The third kappa shape index (κ3) is 3.26. The highest BCUT2D eigenvalue weighted by Crippen LogP contribution is 2.28. The number of hydrogen-bond acceptors (Lipinski definition) is 5. The van der Waals surface area contributed by atoms with Gasteiger partial charge in [0.15, 0.2) is 5.75 Å². The molecule has 1 fully saturated rings. The Morgan fingerprint density at radius 3 is 2.90 bits per heavy atom. The van der Waals surface area contributed by atoms with Crippen LogP contribution in [0.1, 0.15) is 18.9 Å². The molecule has 1 unspecified atom stereocenters. The highest BCUT2D eigenvalue weighted by molar-refractivity contribution is 5.48. The van der Waals surface area contributed by atoms with Crippen LogP contribution in [0.15, 0.2) is 18.2 Å². The van der Waals surface area contributed by atoms with Crippen molar-refractivity contribution in [3.8, 4) is 5.75 Å². The monoisotopic (exact) mass is 279 g/mol. The summed E-state index contributed by atoms with van der Waals surface area (Å²) in [6.45, 7) is 5.83. The van der Waals surface area contributed by atoms with Gasteiger partial charge in [0.2, 0.25) is 0 Å². The lowest BCUT2D eigenvalue weighted by Crippen LogP contribution is -2.36. The number of nitro benzene ring substituents is 1. The minimum absolute atomic E-state index is 0.0330. The van der Waals surface area contributed by atoms with E-state index in [0.29, 0.717) is 11.8 Å². The van der Waals surface area contributed by atoms with Gasteiger partial charge in [0.1, 0.15) is 0 Å². The van der Waals surface area contributed by atoms with Crippen LogP contribution in [0.3, 0.4) is 0 Å². The lowest BCUT2D eigenvalue weighted by molar-refractivity contribution is -0.385. The van der Waals surface area contributed by atoms with E-state index in [2.05, 4.69) is 17.1 Å². The number of hydrogen-bond donors (Lipinski definition) is 1. The van der Waals surface area contributed by atoms with Crippen molar-refractivity contribution in [2.24, 2.45) is 0 Å². The maximum Gasteiger partial charge on any atom is 0.311 e. The highest BCUT2D eigenvalue weighted by atomic mass is 16.6. The molecule has 0 amide bonds. The van der Waals surface area contributed by atoms with Gasteiger partial charge in [-0.25, -0.2) is 0 Å². The summed E-state index contributed by atoms with van der Waals surface area (Å²) in [5, 5.41) is 14.4. The molecule has 1 saturated heterocycles. The molecule has 6 heteroatoms. The number of benzene rings is 1. The van der Waals surface area contributed by atoms with Crippen molar-refractivity contribution in [3.63, 3.8) is 0 Å². The number of ether oxygens (including phenoxy) is 1. The summed E-state index contributed by atoms with van der Waals surface area (Å²) in [7, 11) is 1.45. The number of nitrogens with one attached hydrogen (secondary N) is 1. The summed E-state index contributed by atoms with van der Waals surface area (Å²) in [5.74, 6) is 0.310. The molecule has 1 aliphatic heterocycles. The summed E-state index contributed by atoms with van der Waals surface area (Å²) < 4.78 is 5.03. The first kappa shape index (κ1) is 14.7. The SMILES string of the molecule is CCN(Cc1ccc(OC)c([N+](=O)[O-])c1)C1CCNC1. The molecule has 1 aliphatic rings. The molecule has 1 N–H and O–H groups in total. The fourth-order valence-corrected chi connectivity index (χ4v) is 2.66. The van der Waals surface area contributed by atoms with Gasteiger partial charge in [0.25, 0.3) is 0 Å². The lowest BCUT2D eigenvalue weighted by atomic mass is 10.1. The average molecular weight is 279 g/mol. The van der Waals surface area contributed by atoms with Crippen LogP contribution in [0.2, 0.25) is 0 Å². The molecule has 1 heterocycles. The number of methoxy groups -OCH3 is 1. The molecule has 1 aromatic rings. The Labute approximate surface area is 118 Å². The van der Waals surface area contributed by atoms with E-state index in [-0.39, 0.29) is 5.69 Å². The summed E-state index contributed by atoms with van der Waals surface area (Å²) >= 11 is 0. The standard InChI is InChI=1S/C14H21N3O3/c1-3-16(12-6-7-15-9-12)10-11-4-5-14(20-2)13(8-11)17(18)19/h4-5,8,12,15H,3,6-7,9-10H2,1-2H3. The zero-order valence-electron chi connectivity index (χ0n) is 12.0. The molecule has 2 rings (SSSR count). The van der Waals surface area contributed by atoms with Gasteiger partial charge >= 0.3 is 5.69 Å². The van der Waals surface area contributed by atoms with Gasteiger partial charge in [-0.15, -0.1) is 0 Å². The number of likely N-dealkylation sites (N-methyl/N-ethyl adjacent to an activating group) is 1. The van der Waals surface area contributed by atoms with Crippen molar-refractivity contribution in [1.29, 1.82) is 0 Å². The Hall–Kier alpha value is -1.66. The summed E-state index contributed by atoms with van der Waals surface area (Å²) in [5.41, 5.74) is 0.983. The third-order valence-corrected chi connectivity index (χ3v) is 3.78. The van der Waals surface area contributed by atoms with Crippen molar-refractivity contribution in [3.05, 3.63) is 33.9 Å². The molecular formula is C14H21N3O3. The molecule has 1 aromatic carbocycles. The molecule has 0 bridgehead atoms. The van der Waals surface area contributed by atoms with Gasteiger partial charge < -0.3 is 10.1 Å². The largest absolute Gasteiger partial charge is 0.490 e. The molecule has 0 saturated carbocycles. The van der Waals surface area contributed by atoms with E-state index in [9.17, 15) is 10.1 Å². The summed E-state index contributed by atoms with van der Waals surface area (Å²) in [4.78, 5) is 13.0. The Morgan fingerprint density at radius 2 is 2.35 bits per heavy atom. The first-order valence-electron chi connectivity index (χ1n) is 6.91. The van der Waals surface area contributed by atoms with Crippen molar-refractivity contribution >= 4 is 5.69 Å². The van der Waals surface area contributed by atoms with E-state index in [1.165, 1.54) is 7.11 Å². The Balaban J connectivity index is 2.15. The van der Waals surface area contributed by atoms with Crippen molar-refractivity contribution in [2.45, 2.75) is 25.9 Å². The Kier molecular flexibility index (Phi) is 4.92. The quantitative estimate of drug-likeness (QED) is 0.635. The Morgan fingerprint density at radius 1 is 1.55 bits per heavy atom. The zero-order valence-corrected chi connectivity index (χ0v) is 12.0. The fraction of sp³-hybridized carbons (Fsp3) is 0.571. The molecule has 110 valence electrons. The second-order valence-corrected chi connectivity index (χ2v) is 4.97. The molecule has 0 aliphatic carbocycles. The van der Waals surface area contributed by atoms with Crippen LogP contribution in [-0.2, 0) is 6.54 Å². The minimum Gasteiger partial charge on any atom is -0.490 e. The molecule has 20 heavy (non-hydrogen) atoms. The number of nitro groups is 1. The predicted octanol–water partition coefficient (Wildman–Crippen LogP) is 1.79. The van der Waals surface area contributed by atoms with Crippen LogP contribution in [0.4, 0.5) is 5.69 Å². The summed E-state index contributed by atoms with van der Waals surface area (Å²) in [6.07, 6.45) is 1.13. The van der Waals surface area contributed by atoms with E-state index in [4.69, 9.17) is 4.74 Å².